The van der Waals surface area contributed by atoms with Crippen molar-refractivity contribution in [1.82, 2.24) is 0 Å². The molecule has 0 N–H and O–H groups in total. The lowest BCUT2D eigenvalue weighted by molar-refractivity contribution is -0.155. The molecule has 2 atom stereocenters. The lowest BCUT2D eigenvalue weighted by atomic mass is 9.78. The van der Waals surface area contributed by atoms with E-state index in [4.69, 9.17) is 14.2 Å². The van der Waals surface area contributed by atoms with E-state index in [1.54, 1.807) is 6.92 Å². The predicted octanol–water partition coefficient (Wildman–Crippen LogP) is 5.19. The van der Waals surface area contributed by atoms with Crippen LogP contribution in [0.3, 0.4) is 0 Å². The molecule has 1 aromatic rings. The fourth-order valence-electron chi connectivity index (χ4n) is 3.60. The van der Waals surface area contributed by atoms with Crippen molar-refractivity contribution in [3.05, 3.63) is 47.2 Å². The Morgan fingerprint density at radius 3 is 2.41 bits per heavy atom. The summed E-state index contributed by atoms with van der Waals surface area (Å²) in [5, 5.41) is 0. The molecule has 0 fully saturated rings. The molecule has 0 saturated carbocycles. The Morgan fingerprint density at radius 2 is 1.79 bits per heavy atom. The molecule has 160 valence electrons. The van der Waals surface area contributed by atoms with Crippen molar-refractivity contribution in [3.63, 3.8) is 0 Å². The Balaban J connectivity index is 2.10. The quantitative estimate of drug-likeness (QED) is 0.420. The van der Waals surface area contributed by atoms with Gasteiger partial charge in [-0.25, -0.2) is 4.79 Å². The third-order valence-corrected chi connectivity index (χ3v) is 4.96. The largest absolute Gasteiger partial charge is 0.457 e. The lowest BCUT2D eigenvalue weighted by Gasteiger charge is -2.33. The van der Waals surface area contributed by atoms with Crippen molar-refractivity contribution in [3.8, 4) is 0 Å². The first-order valence-electron chi connectivity index (χ1n) is 10.5. The second-order valence-electron chi connectivity index (χ2n) is 8.57. The van der Waals surface area contributed by atoms with Crippen molar-refractivity contribution in [2.24, 2.45) is 11.8 Å². The zero-order chi connectivity index (χ0) is 21.4. The van der Waals surface area contributed by atoms with Crippen molar-refractivity contribution in [2.45, 2.75) is 72.5 Å². The van der Waals surface area contributed by atoms with E-state index >= 15 is 0 Å². The first-order chi connectivity index (χ1) is 13.7. The van der Waals surface area contributed by atoms with Crippen LogP contribution in [-0.2, 0) is 30.4 Å². The minimum atomic E-state index is -0.602. The van der Waals surface area contributed by atoms with Gasteiger partial charge in [0, 0.05) is 12.5 Å². The molecule has 5 nitrogen and oxygen atoms in total. The van der Waals surface area contributed by atoms with Crippen LogP contribution in [0.4, 0.5) is 0 Å². The molecule has 0 bridgehead atoms. The lowest BCUT2D eigenvalue weighted by Crippen LogP contribution is -2.38. The second kappa shape index (κ2) is 10.6. The maximum absolute atomic E-state index is 12.9. The van der Waals surface area contributed by atoms with Crippen LogP contribution < -0.4 is 0 Å². The SMILES string of the molecule is CCCC[C@H]1C(C(=O)OC(C)(C)C)=C(C)OC(=O)[C@@H]1CCOCc1ccccc1. The third kappa shape index (κ3) is 7.00. The number of benzene rings is 1. The summed E-state index contributed by atoms with van der Waals surface area (Å²) in [6, 6.07) is 9.92. The van der Waals surface area contributed by atoms with Crippen LogP contribution in [0.25, 0.3) is 0 Å². The van der Waals surface area contributed by atoms with Crippen LogP contribution in [-0.4, -0.2) is 24.1 Å². The Hall–Kier alpha value is -2.14. The first kappa shape index (κ1) is 23.1. The average Bonchev–Trinajstić information content (AvgIpc) is 2.64. The van der Waals surface area contributed by atoms with Gasteiger partial charge in [-0.2, -0.15) is 0 Å². The van der Waals surface area contributed by atoms with E-state index in [9.17, 15) is 9.59 Å². The van der Waals surface area contributed by atoms with Gasteiger partial charge < -0.3 is 14.2 Å². The molecule has 0 saturated heterocycles. The standard InChI is InChI=1S/C24H34O5/c1-6-7-13-19-20(14-15-27-16-18-11-9-8-10-12-18)22(25)28-17(2)21(19)23(26)29-24(3,4)5/h8-12,19-20H,6-7,13-16H2,1-5H3/t19-,20-/m1/s1. The number of hydrogen-bond acceptors (Lipinski definition) is 5. The number of hydrogen-bond donors (Lipinski definition) is 0. The topological polar surface area (TPSA) is 61.8 Å². The summed E-state index contributed by atoms with van der Waals surface area (Å²) in [5.41, 5.74) is 0.988. The monoisotopic (exact) mass is 402 g/mol. The maximum atomic E-state index is 12.9. The van der Waals surface area contributed by atoms with Crippen LogP contribution in [0.15, 0.2) is 41.7 Å². The Labute approximate surface area is 174 Å². The molecule has 0 aliphatic carbocycles. The van der Waals surface area contributed by atoms with Crippen molar-refractivity contribution in [1.29, 1.82) is 0 Å². The average molecular weight is 403 g/mol. The summed E-state index contributed by atoms with van der Waals surface area (Å²) in [6.45, 7) is 10.2. The molecule has 0 spiro atoms. The van der Waals surface area contributed by atoms with Gasteiger partial charge >= 0.3 is 11.9 Å². The van der Waals surface area contributed by atoms with Gasteiger partial charge in [0.05, 0.1) is 18.1 Å². The summed E-state index contributed by atoms with van der Waals surface area (Å²) in [4.78, 5) is 25.5. The molecule has 0 aromatic heterocycles. The zero-order valence-electron chi connectivity index (χ0n) is 18.3. The van der Waals surface area contributed by atoms with Gasteiger partial charge in [0.25, 0.3) is 0 Å². The van der Waals surface area contributed by atoms with Gasteiger partial charge in [0.1, 0.15) is 11.4 Å². The van der Waals surface area contributed by atoms with Crippen LogP contribution >= 0.6 is 0 Å². The molecule has 0 radical (unpaired) electrons. The van der Waals surface area contributed by atoms with E-state index in [0.29, 0.717) is 31.0 Å². The molecule has 1 aliphatic heterocycles. The highest BCUT2D eigenvalue weighted by atomic mass is 16.6. The van der Waals surface area contributed by atoms with Crippen molar-refractivity contribution in [2.75, 3.05) is 6.61 Å². The van der Waals surface area contributed by atoms with E-state index in [0.717, 1.165) is 24.8 Å². The number of carbonyl (C=O) groups excluding carboxylic acids is 2. The van der Waals surface area contributed by atoms with Gasteiger partial charge in [-0.05, 0) is 46.1 Å². The molecular formula is C24H34O5. The van der Waals surface area contributed by atoms with Gasteiger partial charge in [0.2, 0.25) is 0 Å². The third-order valence-electron chi connectivity index (χ3n) is 4.96. The van der Waals surface area contributed by atoms with Crippen LogP contribution in [0, 0.1) is 11.8 Å². The number of cyclic esters (lactones) is 1. The molecule has 29 heavy (non-hydrogen) atoms. The van der Waals surface area contributed by atoms with Gasteiger partial charge in [-0.1, -0.05) is 50.1 Å². The summed E-state index contributed by atoms with van der Waals surface area (Å²) in [5.74, 6) is -0.903. The molecule has 1 aliphatic rings. The number of esters is 2. The molecule has 2 rings (SSSR count). The van der Waals surface area contributed by atoms with E-state index in [-0.39, 0.29) is 17.9 Å². The highest BCUT2D eigenvalue weighted by molar-refractivity contribution is 5.93. The van der Waals surface area contributed by atoms with E-state index in [1.807, 2.05) is 51.1 Å². The van der Waals surface area contributed by atoms with Crippen LogP contribution in [0.5, 0.6) is 0 Å². The number of unbranched alkanes of at least 4 members (excludes halogenated alkanes) is 1. The smallest absolute Gasteiger partial charge is 0.338 e. The highest BCUT2D eigenvalue weighted by Crippen LogP contribution is 2.38. The van der Waals surface area contributed by atoms with Crippen LogP contribution in [0.2, 0.25) is 0 Å². The molecular weight excluding hydrogens is 368 g/mol. The van der Waals surface area contributed by atoms with Crippen molar-refractivity contribution < 1.29 is 23.8 Å². The Kier molecular flexibility index (Phi) is 8.45. The minimum absolute atomic E-state index is 0.202. The molecule has 5 heteroatoms. The number of allylic oxidation sites excluding steroid dienone is 1. The van der Waals surface area contributed by atoms with E-state index in [2.05, 4.69) is 6.92 Å². The fourth-order valence-corrected chi connectivity index (χ4v) is 3.60. The molecule has 1 aromatic carbocycles. The van der Waals surface area contributed by atoms with Crippen LogP contribution in [0.1, 0.15) is 65.9 Å². The number of ether oxygens (including phenoxy) is 3. The summed E-state index contributed by atoms with van der Waals surface area (Å²) in [7, 11) is 0. The van der Waals surface area contributed by atoms with Gasteiger partial charge in [0.15, 0.2) is 0 Å². The highest BCUT2D eigenvalue weighted by Gasteiger charge is 2.41. The predicted molar refractivity (Wildman–Crippen MR) is 112 cm³/mol. The van der Waals surface area contributed by atoms with Gasteiger partial charge in [-0.3, -0.25) is 4.79 Å². The second-order valence-corrected chi connectivity index (χ2v) is 8.57. The van der Waals surface area contributed by atoms with E-state index < -0.39 is 11.5 Å². The Morgan fingerprint density at radius 1 is 1.10 bits per heavy atom. The minimum Gasteiger partial charge on any atom is -0.457 e. The molecule has 1 heterocycles. The fraction of sp³-hybridized carbons (Fsp3) is 0.583. The summed E-state index contributed by atoms with van der Waals surface area (Å²) in [6.07, 6.45) is 3.18. The summed E-state index contributed by atoms with van der Waals surface area (Å²) < 4.78 is 16.8. The Bertz CT molecular complexity index is 715. The van der Waals surface area contributed by atoms with E-state index in [1.165, 1.54) is 0 Å². The first-order valence-corrected chi connectivity index (χ1v) is 10.5. The van der Waals surface area contributed by atoms with Gasteiger partial charge in [-0.15, -0.1) is 0 Å². The number of rotatable bonds is 9. The maximum Gasteiger partial charge on any atom is 0.338 e. The molecule has 0 unspecified atom stereocenters. The number of carbonyl (C=O) groups is 2. The summed E-state index contributed by atoms with van der Waals surface area (Å²) >= 11 is 0. The zero-order valence-corrected chi connectivity index (χ0v) is 18.3. The van der Waals surface area contributed by atoms with Crippen molar-refractivity contribution >= 4 is 11.9 Å². The molecule has 0 amide bonds. The normalized spacial score (nSPS) is 19.8.